The van der Waals surface area contributed by atoms with Crippen molar-refractivity contribution in [3.05, 3.63) is 29.3 Å². The van der Waals surface area contributed by atoms with Crippen molar-refractivity contribution in [1.82, 2.24) is 0 Å². The molecule has 0 heterocycles. The van der Waals surface area contributed by atoms with E-state index in [1.54, 1.807) is 0 Å². The summed E-state index contributed by atoms with van der Waals surface area (Å²) >= 11 is 0. The Kier molecular flexibility index (Phi) is 13.8. The maximum Gasteiger partial charge on any atom is 0.435 e. The van der Waals surface area contributed by atoms with Crippen molar-refractivity contribution in [3.8, 4) is 5.75 Å². The average molecular weight is 795 g/mol. The van der Waals surface area contributed by atoms with Crippen molar-refractivity contribution >= 4 is 21.6 Å². The zero-order valence-electron chi connectivity index (χ0n) is 29.9. The van der Waals surface area contributed by atoms with Gasteiger partial charge in [-0.15, -0.1) is 0 Å². The first kappa shape index (κ1) is 42.1. The van der Waals surface area contributed by atoms with Gasteiger partial charge in [-0.3, -0.25) is 0 Å². The van der Waals surface area contributed by atoms with Crippen molar-refractivity contribution in [2.75, 3.05) is 32.2 Å². The second-order valence-corrected chi connectivity index (χ2v) is 18.3. The Labute approximate surface area is 308 Å². The van der Waals surface area contributed by atoms with Gasteiger partial charge in [0.1, 0.15) is 5.75 Å². The molecule has 7 atom stereocenters. The van der Waals surface area contributed by atoms with E-state index >= 15 is 0 Å². The average Bonchev–Trinajstić information content (AvgIpc) is 3.64. The highest BCUT2D eigenvalue weighted by atomic mass is 33.1. The standard InChI is InChI=1S/C37H51F9O4S2/c1-23(2)22-49-26-7-9-27(21-26)52-51-19-5-17-47-25-8-11-28-24(20-25)6-10-30-29(28)14-15-33(3)31(30)12-13-32(33)48-16-4-18-50-34(35(38,39)40,36(41,42)43)37(44,45)46/h8,11,20,23,26-27,29-32H,4-7,9-10,12-19,21-22H2,1-3H3/t26?,27?,29?,30?,31?,32-,33-/m0/s1. The molecule has 0 saturated heterocycles. The first-order valence-corrected chi connectivity index (χ1v) is 20.9. The summed E-state index contributed by atoms with van der Waals surface area (Å²) in [7, 11) is 3.90. The minimum Gasteiger partial charge on any atom is -0.494 e. The van der Waals surface area contributed by atoms with Gasteiger partial charge >= 0.3 is 24.1 Å². The molecule has 298 valence electrons. The Bertz CT molecular complexity index is 1270. The quantitative estimate of drug-likeness (QED) is 0.0943. The fourth-order valence-electron chi connectivity index (χ4n) is 9.03. The van der Waals surface area contributed by atoms with E-state index in [1.165, 1.54) is 17.5 Å². The van der Waals surface area contributed by atoms with Crippen LogP contribution in [0.3, 0.4) is 0 Å². The normalized spacial score (nSPS) is 29.6. The first-order chi connectivity index (χ1) is 24.4. The molecule has 5 unspecified atom stereocenters. The Balaban J connectivity index is 1.05. The minimum absolute atomic E-state index is 0.243. The number of benzene rings is 1. The van der Waals surface area contributed by atoms with E-state index in [9.17, 15) is 39.5 Å². The highest BCUT2D eigenvalue weighted by Gasteiger charge is 2.85. The van der Waals surface area contributed by atoms with Crippen LogP contribution < -0.4 is 4.74 Å². The molecule has 0 aromatic heterocycles. The summed E-state index contributed by atoms with van der Waals surface area (Å²) < 4.78 is 140. The number of ether oxygens (including phenoxy) is 4. The molecule has 15 heteroatoms. The van der Waals surface area contributed by atoms with Crippen molar-refractivity contribution in [2.24, 2.45) is 23.2 Å². The highest BCUT2D eigenvalue weighted by Crippen LogP contribution is 2.62. The van der Waals surface area contributed by atoms with Gasteiger partial charge in [-0.2, -0.15) is 39.5 Å². The van der Waals surface area contributed by atoms with Crippen LogP contribution in [0.4, 0.5) is 39.5 Å². The number of alkyl halides is 9. The van der Waals surface area contributed by atoms with Gasteiger partial charge < -0.3 is 18.9 Å². The first-order valence-electron chi connectivity index (χ1n) is 18.5. The van der Waals surface area contributed by atoms with Gasteiger partial charge in [0.25, 0.3) is 0 Å². The van der Waals surface area contributed by atoms with Crippen molar-refractivity contribution in [1.29, 1.82) is 0 Å². The zero-order chi connectivity index (χ0) is 38.0. The molecule has 0 radical (unpaired) electrons. The van der Waals surface area contributed by atoms with Gasteiger partial charge in [0.2, 0.25) is 0 Å². The Hall–Kier alpha value is -1.03. The summed E-state index contributed by atoms with van der Waals surface area (Å²) in [4.78, 5) is 0. The lowest BCUT2D eigenvalue weighted by molar-refractivity contribution is -0.457. The van der Waals surface area contributed by atoms with Gasteiger partial charge in [0.05, 0.1) is 25.4 Å². The molecule has 0 bridgehead atoms. The summed E-state index contributed by atoms with van der Waals surface area (Å²) in [5, 5.41) is 0.656. The predicted molar refractivity (Wildman–Crippen MR) is 185 cm³/mol. The van der Waals surface area contributed by atoms with Gasteiger partial charge in [-0.25, -0.2) is 0 Å². The van der Waals surface area contributed by atoms with Crippen LogP contribution in [0.15, 0.2) is 18.2 Å². The maximum absolute atomic E-state index is 13.2. The van der Waals surface area contributed by atoms with Crippen molar-refractivity contribution in [2.45, 2.75) is 139 Å². The lowest BCUT2D eigenvalue weighted by Gasteiger charge is -2.50. The van der Waals surface area contributed by atoms with Gasteiger partial charge in [0.15, 0.2) is 0 Å². The number of hydrogen-bond donors (Lipinski definition) is 0. The molecule has 3 fully saturated rings. The molecular formula is C37H51F9O4S2. The lowest BCUT2D eigenvalue weighted by atomic mass is 9.55. The predicted octanol–water partition coefficient (Wildman–Crippen LogP) is 11.5. The molecule has 0 spiro atoms. The monoisotopic (exact) mass is 794 g/mol. The van der Waals surface area contributed by atoms with Crippen LogP contribution in [0.5, 0.6) is 5.75 Å². The van der Waals surface area contributed by atoms with E-state index in [0.29, 0.717) is 48.1 Å². The van der Waals surface area contributed by atoms with E-state index in [1.807, 2.05) is 21.6 Å². The minimum atomic E-state index is -6.73. The molecule has 4 aliphatic rings. The van der Waals surface area contributed by atoms with Crippen LogP contribution in [0, 0.1) is 23.2 Å². The van der Waals surface area contributed by atoms with E-state index < -0.39 is 37.2 Å². The van der Waals surface area contributed by atoms with Gasteiger partial charge in [0, 0.05) is 24.2 Å². The summed E-state index contributed by atoms with van der Waals surface area (Å²) in [6, 6.07) is 6.42. The molecule has 1 aromatic rings. The van der Waals surface area contributed by atoms with Crippen LogP contribution in [0.1, 0.15) is 102 Å². The number of aryl methyl sites for hydroxylation is 1. The van der Waals surface area contributed by atoms with Crippen LogP contribution in [0.25, 0.3) is 0 Å². The molecule has 1 aromatic carbocycles. The van der Waals surface area contributed by atoms with Crippen molar-refractivity contribution < 1.29 is 58.5 Å². The second-order valence-electron chi connectivity index (χ2n) is 15.5. The third-order valence-electron chi connectivity index (χ3n) is 11.6. The molecule has 0 N–H and O–H groups in total. The molecule has 5 rings (SSSR count). The van der Waals surface area contributed by atoms with E-state index in [-0.39, 0.29) is 18.1 Å². The van der Waals surface area contributed by atoms with E-state index in [4.69, 9.17) is 14.2 Å². The van der Waals surface area contributed by atoms with Gasteiger partial charge in [-0.1, -0.05) is 48.4 Å². The number of rotatable bonds is 16. The lowest BCUT2D eigenvalue weighted by Crippen LogP contribution is -2.67. The summed E-state index contributed by atoms with van der Waals surface area (Å²) in [5.74, 6) is 3.58. The topological polar surface area (TPSA) is 36.9 Å². The number of halogens is 9. The third kappa shape index (κ3) is 9.15. The Morgan fingerprint density at radius 2 is 1.56 bits per heavy atom. The summed E-state index contributed by atoms with van der Waals surface area (Å²) in [6.07, 6.45) is -11.0. The van der Waals surface area contributed by atoms with Gasteiger partial charge in [-0.05, 0) is 123 Å². The Morgan fingerprint density at radius 3 is 2.25 bits per heavy atom. The number of hydrogen-bond acceptors (Lipinski definition) is 6. The smallest absolute Gasteiger partial charge is 0.435 e. The molecule has 3 saturated carbocycles. The third-order valence-corrected chi connectivity index (χ3v) is 14.6. The molecular weight excluding hydrogens is 744 g/mol. The highest BCUT2D eigenvalue weighted by molar-refractivity contribution is 8.76. The molecule has 52 heavy (non-hydrogen) atoms. The summed E-state index contributed by atoms with van der Waals surface area (Å²) in [5.41, 5.74) is -3.84. The van der Waals surface area contributed by atoms with Crippen LogP contribution in [-0.2, 0) is 20.6 Å². The fourth-order valence-corrected chi connectivity index (χ4v) is 11.8. The fraction of sp³-hybridized carbons (Fsp3) is 0.838. The Morgan fingerprint density at radius 1 is 0.827 bits per heavy atom. The molecule has 0 aliphatic heterocycles. The largest absolute Gasteiger partial charge is 0.494 e. The number of fused-ring (bicyclic) bond motifs is 5. The molecule has 4 aliphatic carbocycles. The van der Waals surface area contributed by atoms with Crippen LogP contribution in [-0.4, -0.2) is 73.8 Å². The van der Waals surface area contributed by atoms with Crippen molar-refractivity contribution in [3.63, 3.8) is 0 Å². The SMILES string of the molecule is CC(C)COC1CCC(SSCCCOc2ccc3c(c2)CCC2C3CC[C@@]3(C)C2CC[C@@H]3OCCCOC(C(F)(F)F)(C(F)(F)F)C(F)(F)F)C1. The second kappa shape index (κ2) is 17.0. The van der Waals surface area contributed by atoms with Crippen LogP contribution in [0.2, 0.25) is 0 Å². The van der Waals surface area contributed by atoms with Crippen LogP contribution >= 0.6 is 21.6 Å². The van der Waals surface area contributed by atoms with E-state index in [0.717, 1.165) is 69.5 Å². The maximum atomic E-state index is 13.2. The van der Waals surface area contributed by atoms with E-state index in [2.05, 4.69) is 43.7 Å². The molecule has 4 nitrogen and oxygen atoms in total. The molecule has 0 amide bonds. The summed E-state index contributed by atoms with van der Waals surface area (Å²) in [6.45, 7) is 6.26. The zero-order valence-corrected chi connectivity index (χ0v) is 31.6.